The monoisotopic (exact) mass is 116 g/mol. The minimum Gasteiger partial charge on any atom is -0.493 e. The van der Waals surface area contributed by atoms with Crippen LogP contribution in [0, 0.1) is 0 Å². The fraction of sp³-hybridized carbons (Fsp3) is 0.600. The number of ether oxygens (including phenoxy) is 1. The van der Waals surface area contributed by atoms with Gasteiger partial charge in [-0.2, -0.15) is 0 Å². The van der Waals surface area contributed by atoms with Crippen LogP contribution >= 0.6 is 0 Å². The molecule has 0 radical (unpaired) electrons. The van der Waals surface area contributed by atoms with Crippen molar-refractivity contribution in [2.45, 2.75) is 12.2 Å². The van der Waals surface area contributed by atoms with Crippen LogP contribution in [0.25, 0.3) is 0 Å². The number of rotatable bonds is 1. The lowest BCUT2D eigenvalue weighted by atomic mass is 10.2. The molecule has 0 fully saturated rings. The van der Waals surface area contributed by atoms with Gasteiger partial charge in [-0.1, -0.05) is 0 Å². The van der Waals surface area contributed by atoms with Gasteiger partial charge >= 0.3 is 0 Å². The van der Waals surface area contributed by atoms with Crippen LogP contribution in [0.5, 0.6) is 0 Å². The van der Waals surface area contributed by atoms with Gasteiger partial charge in [0.2, 0.25) is 0 Å². The van der Waals surface area contributed by atoms with Crippen molar-refractivity contribution in [1.82, 2.24) is 0 Å². The van der Waals surface area contributed by atoms with Crippen LogP contribution in [0.2, 0.25) is 0 Å². The summed E-state index contributed by atoms with van der Waals surface area (Å²) in [7, 11) is 0. The third-order valence-electron chi connectivity index (χ3n) is 1.09. The molecule has 0 aromatic carbocycles. The molecule has 2 N–H and O–H groups in total. The van der Waals surface area contributed by atoms with E-state index in [9.17, 15) is 0 Å². The standard InChI is InChI=1S/C5H8O3/c6-3-5-4(7)1-2-8-5/h1-2,4-7H,3H2/t4-,5-/m0/s1. The molecule has 46 valence electrons. The Bertz CT molecular complexity index is 99.8. The Morgan fingerprint density at radius 2 is 2.38 bits per heavy atom. The first-order valence-corrected chi connectivity index (χ1v) is 2.45. The number of hydrogen-bond acceptors (Lipinski definition) is 3. The Kier molecular flexibility index (Phi) is 1.50. The minimum atomic E-state index is -0.625. The lowest BCUT2D eigenvalue weighted by Crippen LogP contribution is -2.24. The minimum absolute atomic E-state index is 0.131. The molecule has 1 aliphatic rings. The van der Waals surface area contributed by atoms with E-state index >= 15 is 0 Å². The van der Waals surface area contributed by atoms with Gasteiger partial charge < -0.3 is 14.9 Å². The van der Waals surface area contributed by atoms with Crippen LogP contribution < -0.4 is 0 Å². The van der Waals surface area contributed by atoms with Gasteiger partial charge in [0.15, 0.2) is 6.10 Å². The predicted molar refractivity (Wildman–Crippen MR) is 27.1 cm³/mol. The van der Waals surface area contributed by atoms with E-state index in [0.29, 0.717) is 0 Å². The summed E-state index contributed by atoms with van der Waals surface area (Å²) >= 11 is 0. The zero-order chi connectivity index (χ0) is 5.98. The van der Waals surface area contributed by atoms with E-state index in [0.717, 1.165) is 0 Å². The zero-order valence-corrected chi connectivity index (χ0v) is 4.32. The van der Waals surface area contributed by atoms with E-state index in [2.05, 4.69) is 0 Å². The average Bonchev–Trinajstić information content (AvgIpc) is 2.14. The first kappa shape index (κ1) is 5.59. The summed E-state index contributed by atoms with van der Waals surface area (Å²) in [5, 5.41) is 17.2. The molecule has 0 amide bonds. The van der Waals surface area contributed by atoms with E-state index in [4.69, 9.17) is 14.9 Å². The van der Waals surface area contributed by atoms with Gasteiger partial charge in [-0.25, -0.2) is 0 Å². The first-order chi connectivity index (χ1) is 3.84. The molecule has 0 aromatic rings. The maximum atomic E-state index is 8.82. The van der Waals surface area contributed by atoms with Crippen molar-refractivity contribution in [3.8, 4) is 0 Å². The van der Waals surface area contributed by atoms with Crippen LogP contribution in [0.3, 0.4) is 0 Å². The van der Waals surface area contributed by atoms with Crippen LogP contribution in [-0.4, -0.2) is 29.0 Å². The van der Waals surface area contributed by atoms with Crippen molar-refractivity contribution in [3.05, 3.63) is 12.3 Å². The topological polar surface area (TPSA) is 49.7 Å². The van der Waals surface area contributed by atoms with Crippen molar-refractivity contribution in [2.75, 3.05) is 6.61 Å². The quantitative estimate of drug-likeness (QED) is 0.474. The molecule has 8 heavy (non-hydrogen) atoms. The van der Waals surface area contributed by atoms with Gasteiger partial charge in [-0.3, -0.25) is 0 Å². The van der Waals surface area contributed by atoms with Crippen molar-refractivity contribution < 1.29 is 14.9 Å². The molecule has 1 aliphatic heterocycles. The van der Waals surface area contributed by atoms with Crippen LogP contribution in [0.4, 0.5) is 0 Å². The van der Waals surface area contributed by atoms with Crippen molar-refractivity contribution in [2.24, 2.45) is 0 Å². The third-order valence-corrected chi connectivity index (χ3v) is 1.09. The lowest BCUT2D eigenvalue weighted by Gasteiger charge is -2.08. The Morgan fingerprint density at radius 1 is 1.62 bits per heavy atom. The highest BCUT2D eigenvalue weighted by atomic mass is 16.5. The second kappa shape index (κ2) is 2.15. The van der Waals surface area contributed by atoms with Crippen molar-refractivity contribution in [1.29, 1.82) is 0 Å². The van der Waals surface area contributed by atoms with Gasteiger partial charge in [-0.15, -0.1) is 0 Å². The maximum absolute atomic E-state index is 8.82. The molecule has 1 rings (SSSR count). The summed E-state index contributed by atoms with van der Waals surface area (Å²) in [6.45, 7) is -0.131. The average molecular weight is 116 g/mol. The van der Waals surface area contributed by atoms with E-state index in [1.807, 2.05) is 0 Å². The van der Waals surface area contributed by atoms with Gasteiger partial charge in [0.05, 0.1) is 12.9 Å². The summed E-state index contributed by atoms with van der Waals surface area (Å²) in [6, 6.07) is 0. The van der Waals surface area contributed by atoms with E-state index < -0.39 is 12.2 Å². The van der Waals surface area contributed by atoms with Gasteiger partial charge in [0.25, 0.3) is 0 Å². The molecule has 3 heteroatoms. The Balaban J connectivity index is 2.38. The van der Waals surface area contributed by atoms with E-state index in [-0.39, 0.29) is 6.61 Å². The summed E-state index contributed by atoms with van der Waals surface area (Å²) in [4.78, 5) is 0. The fourth-order valence-corrected chi connectivity index (χ4v) is 0.582. The highest BCUT2D eigenvalue weighted by Gasteiger charge is 2.20. The fourth-order valence-electron chi connectivity index (χ4n) is 0.582. The number of hydrogen-bond donors (Lipinski definition) is 2. The normalized spacial score (nSPS) is 35.2. The van der Waals surface area contributed by atoms with E-state index in [1.165, 1.54) is 12.3 Å². The highest BCUT2D eigenvalue weighted by molar-refractivity contribution is 4.95. The number of aliphatic hydroxyl groups is 2. The maximum Gasteiger partial charge on any atom is 0.150 e. The van der Waals surface area contributed by atoms with Crippen LogP contribution in [-0.2, 0) is 4.74 Å². The summed E-state index contributed by atoms with van der Waals surface area (Å²) in [6.07, 6.45) is 1.84. The molecular formula is C5H8O3. The smallest absolute Gasteiger partial charge is 0.150 e. The second-order valence-electron chi connectivity index (χ2n) is 1.68. The largest absolute Gasteiger partial charge is 0.493 e. The van der Waals surface area contributed by atoms with Gasteiger partial charge in [0.1, 0.15) is 6.10 Å². The van der Waals surface area contributed by atoms with E-state index in [1.54, 1.807) is 0 Å². The van der Waals surface area contributed by atoms with Crippen molar-refractivity contribution in [3.63, 3.8) is 0 Å². The Labute approximate surface area is 47.2 Å². The summed E-state index contributed by atoms with van der Waals surface area (Å²) in [5.74, 6) is 0. The third kappa shape index (κ3) is 0.827. The molecule has 0 aromatic heterocycles. The Hall–Kier alpha value is -0.540. The molecule has 0 unspecified atom stereocenters. The molecule has 1 heterocycles. The second-order valence-corrected chi connectivity index (χ2v) is 1.68. The molecule has 0 spiro atoms. The van der Waals surface area contributed by atoms with Crippen LogP contribution in [0.1, 0.15) is 0 Å². The molecule has 0 saturated heterocycles. The number of aliphatic hydroxyl groups excluding tert-OH is 2. The molecule has 0 bridgehead atoms. The highest BCUT2D eigenvalue weighted by Crippen LogP contribution is 2.07. The molecule has 2 atom stereocenters. The first-order valence-electron chi connectivity index (χ1n) is 2.45. The predicted octanol–water partition coefficient (Wildman–Crippen LogP) is -0.748. The molecule has 3 nitrogen and oxygen atoms in total. The summed E-state index contributed by atoms with van der Waals surface area (Å²) < 4.78 is 4.73. The SMILES string of the molecule is OC[C@@H]1OC=C[C@@H]1O. The van der Waals surface area contributed by atoms with Crippen molar-refractivity contribution >= 4 is 0 Å². The summed E-state index contributed by atoms with van der Waals surface area (Å²) in [5.41, 5.74) is 0. The lowest BCUT2D eigenvalue weighted by molar-refractivity contribution is 0.0217. The zero-order valence-electron chi connectivity index (χ0n) is 4.32. The molecule has 0 aliphatic carbocycles. The van der Waals surface area contributed by atoms with Gasteiger partial charge in [0, 0.05) is 0 Å². The Morgan fingerprint density at radius 3 is 2.62 bits per heavy atom. The molecule has 0 saturated carbocycles. The van der Waals surface area contributed by atoms with Crippen LogP contribution in [0.15, 0.2) is 12.3 Å². The van der Waals surface area contributed by atoms with Gasteiger partial charge in [-0.05, 0) is 6.08 Å². The molecular weight excluding hydrogens is 108 g/mol.